The maximum absolute atomic E-state index is 12.1. The highest BCUT2D eigenvalue weighted by atomic mass is 16.3. The first-order valence-electron chi connectivity index (χ1n) is 10.9. The van der Waals surface area contributed by atoms with Gasteiger partial charge in [-0.2, -0.15) is 0 Å². The highest BCUT2D eigenvalue weighted by molar-refractivity contribution is 5.96. The number of anilines is 1. The van der Waals surface area contributed by atoms with E-state index in [1.165, 1.54) is 0 Å². The van der Waals surface area contributed by atoms with Crippen LogP contribution >= 0.6 is 0 Å². The fourth-order valence-corrected chi connectivity index (χ4v) is 4.53. The number of hydrogen-bond donors (Lipinski definition) is 1. The number of amides is 1. The van der Waals surface area contributed by atoms with Crippen LogP contribution in [0.25, 0.3) is 33.3 Å². The second-order valence-corrected chi connectivity index (χ2v) is 8.58. The predicted molar refractivity (Wildman–Crippen MR) is 126 cm³/mol. The van der Waals surface area contributed by atoms with Crippen LogP contribution in [-0.2, 0) is 11.8 Å². The molecule has 32 heavy (non-hydrogen) atoms. The Labute approximate surface area is 187 Å². The van der Waals surface area contributed by atoms with Crippen LogP contribution < -0.4 is 4.90 Å². The highest BCUT2D eigenvalue weighted by Crippen LogP contribution is 2.34. The number of nitrogens with zero attached hydrogens (tertiary/aromatic N) is 4. The second kappa shape index (κ2) is 7.88. The lowest BCUT2D eigenvalue weighted by molar-refractivity contribution is -0.117. The molecule has 162 valence electrons. The molecular weight excluding hydrogens is 400 g/mol. The van der Waals surface area contributed by atoms with E-state index in [1.54, 1.807) is 13.1 Å². The second-order valence-electron chi connectivity index (χ2n) is 8.58. The number of aryl methyl sites for hydroxylation is 2. The molecule has 0 aliphatic carbocycles. The van der Waals surface area contributed by atoms with Crippen LogP contribution in [0.2, 0.25) is 0 Å². The van der Waals surface area contributed by atoms with Gasteiger partial charge in [-0.1, -0.05) is 6.07 Å². The first-order chi connectivity index (χ1) is 15.4. The summed E-state index contributed by atoms with van der Waals surface area (Å²) in [5, 5.41) is 11.0. The molecule has 0 radical (unpaired) electrons. The summed E-state index contributed by atoms with van der Waals surface area (Å²) in [5.74, 6) is 0.196. The standard InChI is InChI=1S/C26H26N4O2/c1-16-9-21(30-8-4-5-25(30)32)6-7-22(16)19-10-20(13-27-12-19)24-15-29(3)26-23(24)11-18(14-28-26)17(2)31/h6-7,9-15,17,31H,4-5,8H2,1-3H3/t17-/m1/s1. The molecule has 6 heteroatoms. The van der Waals surface area contributed by atoms with Gasteiger partial charge in [0, 0.05) is 72.6 Å². The minimum absolute atomic E-state index is 0.196. The molecule has 0 unspecified atom stereocenters. The zero-order valence-electron chi connectivity index (χ0n) is 18.5. The van der Waals surface area contributed by atoms with Gasteiger partial charge in [0.15, 0.2) is 0 Å². The van der Waals surface area contributed by atoms with E-state index in [-0.39, 0.29) is 5.91 Å². The maximum atomic E-state index is 12.1. The number of aliphatic hydroxyl groups is 1. The summed E-state index contributed by atoms with van der Waals surface area (Å²) < 4.78 is 2.00. The summed E-state index contributed by atoms with van der Waals surface area (Å²) in [7, 11) is 1.97. The molecule has 1 aromatic carbocycles. The van der Waals surface area contributed by atoms with Gasteiger partial charge < -0.3 is 14.6 Å². The van der Waals surface area contributed by atoms with Crippen LogP contribution in [0.3, 0.4) is 0 Å². The van der Waals surface area contributed by atoms with E-state index in [0.717, 1.165) is 63.1 Å². The van der Waals surface area contributed by atoms with Crippen LogP contribution in [0.5, 0.6) is 0 Å². The molecule has 6 nitrogen and oxygen atoms in total. The van der Waals surface area contributed by atoms with E-state index in [4.69, 9.17) is 0 Å². The quantitative estimate of drug-likeness (QED) is 0.509. The van der Waals surface area contributed by atoms with Gasteiger partial charge in [-0.05, 0) is 61.2 Å². The minimum atomic E-state index is -0.576. The molecule has 0 bridgehead atoms. The number of rotatable bonds is 4. The van der Waals surface area contributed by atoms with Crippen molar-refractivity contribution in [2.75, 3.05) is 11.4 Å². The average molecular weight is 427 g/mol. The van der Waals surface area contributed by atoms with Gasteiger partial charge in [-0.15, -0.1) is 0 Å². The molecule has 3 aromatic heterocycles. The zero-order valence-corrected chi connectivity index (χ0v) is 18.5. The Kier molecular flexibility index (Phi) is 5.02. The van der Waals surface area contributed by atoms with Crippen LogP contribution in [0.15, 0.2) is 55.1 Å². The molecule has 1 atom stereocenters. The van der Waals surface area contributed by atoms with Gasteiger partial charge in [-0.3, -0.25) is 9.78 Å². The summed E-state index contributed by atoms with van der Waals surface area (Å²) in [6.07, 6.45) is 8.48. The number of benzene rings is 1. The van der Waals surface area contributed by atoms with Crippen LogP contribution in [0.4, 0.5) is 5.69 Å². The third-order valence-electron chi connectivity index (χ3n) is 6.27. The molecule has 4 aromatic rings. The first kappa shape index (κ1) is 20.4. The molecule has 1 saturated heterocycles. The molecule has 1 aliphatic heterocycles. The summed E-state index contributed by atoms with van der Waals surface area (Å²) >= 11 is 0. The highest BCUT2D eigenvalue weighted by Gasteiger charge is 2.22. The van der Waals surface area contributed by atoms with Crippen LogP contribution in [0, 0.1) is 6.92 Å². The number of pyridine rings is 2. The topological polar surface area (TPSA) is 71.2 Å². The van der Waals surface area contributed by atoms with Gasteiger partial charge >= 0.3 is 0 Å². The molecule has 1 aliphatic rings. The van der Waals surface area contributed by atoms with E-state index >= 15 is 0 Å². The fourth-order valence-electron chi connectivity index (χ4n) is 4.53. The Hall–Kier alpha value is -3.51. The van der Waals surface area contributed by atoms with E-state index in [9.17, 15) is 9.90 Å². The fraction of sp³-hybridized carbons (Fsp3) is 0.269. The summed E-state index contributed by atoms with van der Waals surface area (Å²) in [6.45, 7) is 4.61. The molecule has 5 rings (SSSR count). The number of aromatic nitrogens is 3. The van der Waals surface area contributed by atoms with Crippen molar-refractivity contribution >= 4 is 22.6 Å². The number of carbonyl (C=O) groups is 1. The molecule has 1 amide bonds. The molecule has 1 N–H and O–H groups in total. The van der Waals surface area contributed by atoms with E-state index in [1.807, 2.05) is 41.0 Å². The zero-order chi connectivity index (χ0) is 22.4. The predicted octanol–water partition coefficient (Wildman–Crippen LogP) is 4.79. The largest absolute Gasteiger partial charge is 0.389 e. The van der Waals surface area contributed by atoms with Gasteiger partial charge in [0.25, 0.3) is 0 Å². The average Bonchev–Trinajstić information content (AvgIpc) is 3.36. The Bertz CT molecular complexity index is 1340. The summed E-state index contributed by atoms with van der Waals surface area (Å²) in [5.41, 5.74) is 7.87. The molecule has 4 heterocycles. The van der Waals surface area contributed by atoms with E-state index < -0.39 is 6.10 Å². The Morgan fingerprint density at radius 1 is 1.06 bits per heavy atom. The third-order valence-corrected chi connectivity index (χ3v) is 6.27. The van der Waals surface area contributed by atoms with E-state index in [0.29, 0.717) is 6.42 Å². The van der Waals surface area contributed by atoms with Gasteiger partial charge in [-0.25, -0.2) is 4.98 Å². The number of fused-ring (bicyclic) bond motifs is 1. The summed E-state index contributed by atoms with van der Waals surface area (Å²) in [6, 6.07) is 10.3. The maximum Gasteiger partial charge on any atom is 0.227 e. The minimum Gasteiger partial charge on any atom is -0.389 e. The van der Waals surface area contributed by atoms with Gasteiger partial charge in [0.05, 0.1) is 6.10 Å². The lowest BCUT2D eigenvalue weighted by Gasteiger charge is -2.18. The van der Waals surface area contributed by atoms with Crippen molar-refractivity contribution in [3.63, 3.8) is 0 Å². The van der Waals surface area contributed by atoms with Gasteiger partial charge in [0.1, 0.15) is 5.65 Å². The number of aliphatic hydroxyl groups excluding tert-OH is 1. The smallest absolute Gasteiger partial charge is 0.227 e. The molecule has 1 fully saturated rings. The van der Waals surface area contributed by atoms with Crippen molar-refractivity contribution < 1.29 is 9.90 Å². The lowest BCUT2D eigenvalue weighted by Crippen LogP contribution is -2.23. The Morgan fingerprint density at radius 2 is 1.84 bits per heavy atom. The van der Waals surface area contributed by atoms with Crippen molar-refractivity contribution in [1.29, 1.82) is 0 Å². The van der Waals surface area contributed by atoms with Crippen LogP contribution in [0.1, 0.15) is 37.0 Å². The van der Waals surface area contributed by atoms with Crippen LogP contribution in [-0.4, -0.2) is 32.1 Å². The van der Waals surface area contributed by atoms with Crippen molar-refractivity contribution in [3.05, 3.63) is 66.2 Å². The van der Waals surface area contributed by atoms with Crippen molar-refractivity contribution in [1.82, 2.24) is 14.5 Å². The molecule has 0 spiro atoms. The SMILES string of the molecule is Cc1cc(N2CCCC2=O)ccc1-c1cncc(-c2cn(C)c3ncc([C@@H](C)O)cc23)c1. The first-order valence-corrected chi connectivity index (χ1v) is 10.9. The number of hydrogen-bond acceptors (Lipinski definition) is 4. The normalized spacial score (nSPS) is 15.0. The molecule has 0 saturated carbocycles. The van der Waals surface area contributed by atoms with Gasteiger partial charge in [0.2, 0.25) is 5.91 Å². The van der Waals surface area contributed by atoms with E-state index in [2.05, 4.69) is 41.3 Å². The lowest BCUT2D eigenvalue weighted by atomic mass is 9.98. The Balaban J connectivity index is 1.56. The third kappa shape index (κ3) is 3.46. The monoisotopic (exact) mass is 426 g/mol. The Morgan fingerprint density at radius 3 is 2.53 bits per heavy atom. The van der Waals surface area contributed by atoms with Crippen molar-refractivity contribution in [2.45, 2.75) is 32.8 Å². The van der Waals surface area contributed by atoms with Crippen molar-refractivity contribution in [3.8, 4) is 22.3 Å². The summed E-state index contributed by atoms with van der Waals surface area (Å²) in [4.78, 5) is 23.0. The number of carbonyl (C=O) groups excluding carboxylic acids is 1. The van der Waals surface area contributed by atoms with Crippen molar-refractivity contribution in [2.24, 2.45) is 7.05 Å². The molecular formula is C26H26N4O2.